The molecule has 1 aliphatic heterocycles. The predicted molar refractivity (Wildman–Crippen MR) is 83.9 cm³/mol. The van der Waals surface area contributed by atoms with E-state index < -0.39 is 23.8 Å². The normalized spacial score (nSPS) is 20.4. The van der Waals surface area contributed by atoms with Gasteiger partial charge >= 0.3 is 17.9 Å². The summed E-state index contributed by atoms with van der Waals surface area (Å²) in [7, 11) is 0. The lowest BCUT2D eigenvalue weighted by atomic mass is 10.1. The molecule has 2 rings (SSSR count). The Kier molecular flexibility index (Phi) is 5.34. The molecule has 9 heteroatoms. The zero-order chi connectivity index (χ0) is 18.7. The Bertz CT molecular complexity index is 676. The van der Waals surface area contributed by atoms with Crippen molar-refractivity contribution in [2.24, 2.45) is 4.99 Å². The maximum atomic E-state index is 13.7. The molecule has 2 amide bonds. The highest BCUT2D eigenvalue weighted by molar-refractivity contribution is 6.16. The summed E-state index contributed by atoms with van der Waals surface area (Å²) in [5, 5.41) is 1.61. The number of aliphatic imine (C=N–C) groups is 1. The second kappa shape index (κ2) is 7.12. The number of hydrogen-bond donors (Lipinski definition) is 1. The van der Waals surface area contributed by atoms with Gasteiger partial charge in [0.1, 0.15) is 5.84 Å². The van der Waals surface area contributed by atoms with Gasteiger partial charge < -0.3 is 4.74 Å². The second-order valence-corrected chi connectivity index (χ2v) is 5.31. The summed E-state index contributed by atoms with van der Waals surface area (Å²) in [5.74, 6) is -1.49. The molecule has 6 nitrogen and oxygen atoms in total. The van der Waals surface area contributed by atoms with E-state index in [9.17, 15) is 22.8 Å². The van der Waals surface area contributed by atoms with Crippen LogP contribution >= 0.6 is 0 Å². The number of nitrogens with zero attached hydrogens (tertiary/aromatic N) is 2. The molecule has 136 valence electrons. The van der Waals surface area contributed by atoms with Crippen molar-refractivity contribution in [1.82, 2.24) is 10.2 Å². The van der Waals surface area contributed by atoms with E-state index in [0.717, 1.165) is 4.90 Å². The van der Waals surface area contributed by atoms with E-state index in [1.807, 2.05) is 0 Å². The van der Waals surface area contributed by atoms with Crippen LogP contribution in [0.5, 0.6) is 0 Å². The number of ether oxygens (including phenoxy) is 1. The lowest BCUT2D eigenvalue weighted by Crippen LogP contribution is -2.63. The van der Waals surface area contributed by atoms with Crippen LogP contribution < -0.4 is 5.32 Å². The second-order valence-electron chi connectivity index (χ2n) is 5.31. The fourth-order valence-electron chi connectivity index (χ4n) is 2.45. The number of alkyl halides is 3. The highest BCUT2D eigenvalue weighted by Gasteiger charge is 2.67. The molecule has 0 radical (unpaired) electrons. The van der Waals surface area contributed by atoms with Crippen LogP contribution in [0.3, 0.4) is 0 Å². The highest BCUT2D eigenvalue weighted by atomic mass is 19.4. The summed E-state index contributed by atoms with van der Waals surface area (Å²) in [6.45, 7) is 3.07. The quantitative estimate of drug-likeness (QED) is 0.881. The lowest BCUT2D eigenvalue weighted by molar-refractivity contribution is -0.197. The van der Waals surface area contributed by atoms with Gasteiger partial charge in [0.2, 0.25) is 0 Å². The maximum Gasteiger partial charge on any atom is 0.442 e. The summed E-state index contributed by atoms with van der Waals surface area (Å²) in [4.78, 5) is 28.8. The van der Waals surface area contributed by atoms with Gasteiger partial charge in [-0.1, -0.05) is 37.3 Å². The molecule has 1 aromatic rings. The summed E-state index contributed by atoms with van der Waals surface area (Å²) in [6, 6.07) is 8.04. The van der Waals surface area contributed by atoms with Gasteiger partial charge in [-0.2, -0.15) is 13.2 Å². The Morgan fingerprint density at radius 3 is 2.44 bits per heavy atom. The minimum Gasteiger partial charge on any atom is -0.450 e. The van der Waals surface area contributed by atoms with Crippen molar-refractivity contribution >= 4 is 17.8 Å². The Labute approximate surface area is 142 Å². The van der Waals surface area contributed by atoms with E-state index in [4.69, 9.17) is 0 Å². The van der Waals surface area contributed by atoms with Crippen LogP contribution in [0.1, 0.15) is 25.8 Å². The Morgan fingerprint density at radius 1 is 1.28 bits per heavy atom. The average Bonchev–Trinajstić information content (AvgIpc) is 2.83. The molecule has 0 aromatic heterocycles. The smallest absolute Gasteiger partial charge is 0.442 e. The molecule has 0 saturated heterocycles. The molecule has 1 atom stereocenters. The molecule has 1 aromatic carbocycles. The largest absolute Gasteiger partial charge is 0.450 e. The van der Waals surface area contributed by atoms with Crippen LogP contribution in [-0.4, -0.2) is 47.7 Å². The molecule has 1 heterocycles. The zero-order valence-electron chi connectivity index (χ0n) is 13.8. The number of carbonyl (C=O) groups is 2. The van der Waals surface area contributed by atoms with Crippen molar-refractivity contribution < 1.29 is 27.5 Å². The molecule has 1 N–H and O–H groups in total. The van der Waals surface area contributed by atoms with Crippen molar-refractivity contribution in [2.75, 3.05) is 13.2 Å². The number of halogens is 3. The first-order chi connectivity index (χ1) is 11.8. The van der Waals surface area contributed by atoms with Crippen LogP contribution in [0.4, 0.5) is 18.0 Å². The summed E-state index contributed by atoms with van der Waals surface area (Å²) >= 11 is 0. The number of hydrogen-bond acceptors (Lipinski definition) is 4. The van der Waals surface area contributed by atoms with Gasteiger partial charge in [0.25, 0.3) is 5.91 Å². The number of benzene rings is 1. The summed E-state index contributed by atoms with van der Waals surface area (Å²) < 4.78 is 45.8. The van der Waals surface area contributed by atoms with E-state index in [-0.39, 0.29) is 19.0 Å². The fraction of sp³-hybridized carbons (Fsp3) is 0.438. The van der Waals surface area contributed by atoms with Crippen molar-refractivity contribution in [2.45, 2.75) is 32.1 Å². The van der Waals surface area contributed by atoms with E-state index >= 15 is 0 Å². The Morgan fingerprint density at radius 2 is 1.92 bits per heavy atom. The molecule has 1 unspecified atom stereocenters. The van der Waals surface area contributed by atoms with E-state index in [1.54, 1.807) is 42.6 Å². The summed E-state index contributed by atoms with van der Waals surface area (Å²) in [5.41, 5.74) is -3.04. The van der Waals surface area contributed by atoms with Crippen LogP contribution in [0.2, 0.25) is 0 Å². The van der Waals surface area contributed by atoms with Crippen LogP contribution in [0.25, 0.3) is 0 Å². The Balaban J connectivity index is 2.56. The van der Waals surface area contributed by atoms with Crippen LogP contribution in [0, 0.1) is 0 Å². The van der Waals surface area contributed by atoms with E-state index in [0.29, 0.717) is 12.0 Å². The number of amides is 2. The topological polar surface area (TPSA) is 71.0 Å². The van der Waals surface area contributed by atoms with Crippen molar-refractivity contribution in [1.29, 1.82) is 0 Å². The minimum atomic E-state index is -5.13. The monoisotopic (exact) mass is 357 g/mol. The van der Waals surface area contributed by atoms with Crippen molar-refractivity contribution in [3.63, 3.8) is 0 Å². The van der Waals surface area contributed by atoms with Crippen molar-refractivity contribution in [3.05, 3.63) is 35.9 Å². The fourth-order valence-corrected chi connectivity index (χ4v) is 2.45. The van der Waals surface area contributed by atoms with Gasteiger partial charge in [-0.15, -0.1) is 0 Å². The molecule has 0 aliphatic carbocycles. The van der Waals surface area contributed by atoms with E-state index in [2.05, 4.69) is 9.73 Å². The number of alkyl carbamates (subject to hydrolysis) is 1. The minimum absolute atomic E-state index is 0.0366. The lowest BCUT2D eigenvalue weighted by Gasteiger charge is -2.28. The SMILES string of the molecule is CCCN1C(=O)C(NC(=O)OCC)(C(F)(F)F)N=C1c1ccccc1. The van der Waals surface area contributed by atoms with Gasteiger partial charge in [-0.05, 0) is 13.3 Å². The van der Waals surface area contributed by atoms with Gasteiger partial charge in [0, 0.05) is 12.1 Å². The number of rotatable bonds is 5. The zero-order valence-corrected chi connectivity index (χ0v) is 13.8. The third-order valence-corrected chi connectivity index (χ3v) is 3.53. The van der Waals surface area contributed by atoms with Crippen LogP contribution in [-0.2, 0) is 9.53 Å². The van der Waals surface area contributed by atoms with Crippen molar-refractivity contribution in [3.8, 4) is 0 Å². The van der Waals surface area contributed by atoms with Gasteiger partial charge in [-0.25, -0.2) is 9.79 Å². The third kappa shape index (κ3) is 3.45. The molecular weight excluding hydrogens is 339 g/mol. The third-order valence-electron chi connectivity index (χ3n) is 3.53. The Hall–Kier alpha value is -2.58. The molecule has 0 fully saturated rings. The molecule has 0 saturated carbocycles. The first kappa shape index (κ1) is 18.8. The number of carbonyl (C=O) groups excluding carboxylic acids is 2. The van der Waals surface area contributed by atoms with E-state index in [1.165, 1.54) is 6.92 Å². The molecular formula is C16H18F3N3O3. The maximum absolute atomic E-state index is 13.7. The number of nitrogens with one attached hydrogen (secondary N) is 1. The van der Waals surface area contributed by atoms with Gasteiger partial charge in [0.15, 0.2) is 0 Å². The average molecular weight is 357 g/mol. The highest BCUT2D eigenvalue weighted by Crippen LogP contribution is 2.38. The van der Waals surface area contributed by atoms with Crippen LogP contribution in [0.15, 0.2) is 35.3 Å². The van der Waals surface area contributed by atoms with Gasteiger partial charge in [-0.3, -0.25) is 15.0 Å². The first-order valence-electron chi connectivity index (χ1n) is 7.75. The summed E-state index contributed by atoms with van der Waals surface area (Å²) in [6.07, 6.45) is -6.06. The molecule has 25 heavy (non-hydrogen) atoms. The molecule has 1 aliphatic rings. The first-order valence-corrected chi connectivity index (χ1v) is 7.75. The number of amidine groups is 1. The molecule has 0 spiro atoms. The standard InChI is InChI=1S/C16H18F3N3O3/c1-3-10-22-12(11-8-6-5-7-9-11)20-15(13(22)23,16(17,18)19)21-14(24)25-4-2/h5-9H,3-4,10H2,1-2H3,(H,21,24). The van der Waals surface area contributed by atoms with Gasteiger partial charge in [0.05, 0.1) is 6.61 Å². The molecule has 0 bridgehead atoms. The predicted octanol–water partition coefficient (Wildman–Crippen LogP) is 2.69.